The van der Waals surface area contributed by atoms with Gasteiger partial charge in [0.1, 0.15) is 12.2 Å². The van der Waals surface area contributed by atoms with Crippen molar-refractivity contribution in [2.24, 2.45) is 35.5 Å². The number of carbonyl (C=O) groups is 1. The van der Waals surface area contributed by atoms with Crippen LogP contribution < -0.4 is 0 Å². The first-order valence-corrected chi connectivity index (χ1v) is 15.9. The Labute approximate surface area is 264 Å². The topological polar surface area (TPSA) is 135 Å². The van der Waals surface area contributed by atoms with Gasteiger partial charge in [-0.25, -0.2) is 4.79 Å². The summed E-state index contributed by atoms with van der Waals surface area (Å²) in [5, 5.41) is 45.0. The molecule has 2 aliphatic heterocycles. The van der Waals surface area contributed by atoms with E-state index in [-0.39, 0.29) is 35.9 Å². The zero-order valence-corrected chi connectivity index (χ0v) is 28.6. The molecule has 12 atom stereocenters. The van der Waals surface area contributed by atoms with Gasteiger partial charge in [-0.1, -0.05) is 83.9 Å². The first kappa shape index (κ1) is 38.2. The van der Waals surface area contributed by atoms with E-state index in [1.807, 2.05) is 66.7 Å². The Morgan fingerprint density at radius 2 is 1.68 bits per heavy atom. The molecule has 9 nitrogen and oxygen atoms in total. The van der Waals surface area contributed by atoms with E-state index in [9.17, 15) is 25.2 Å². The normalized spacial score (nSPS) is 41.2. The molecule has 4 N–H and O–H groups in total. The highest BCUT2D eigenvalue weighted by atomic mass is 16.6. The number of aliphatic hydroxyl groups excluding tert-OH is 3. The molecule has 0 aromatic rings. The summed E-state index contributed by atoms with van der Waals surface area (Å²) < 4.78 is 23.4. The highest BCUT2D eigenvalue weighted by Crippen LogP contribution is 2.41. The summed E-state index contributed by atoms with van der Waals surface area (Å²) in [6.07, 6.45) is 4.85. The summed E-state index contributed by atoms with van der Waals surface area (Å²) in [5.74, 6) is -4.49. The van der Waals surface area contributed by atoms with Crippen molar-refractivity contribution >= 4 is 5.97 Å². The van der Waals surface area contributed by atoms with Crippen LogP contribution in [0.1, 0.15) is 75.2 Å². The molecule has 0 saturated carbocycles. The lowest BCUT2D eigenvalue weighted by Gasteiger charge is -2.49. The van der Waals surface area contributed by atoms with Gasteiger partial charge in [0.25, 0.3) is 0 Å². The van der Waals surface area contributed by atoms with Crippen molar-refractivity contribution in [1.29, 1.82) is 0 Å². The zero-order chi connectivity index (χ0) is 33.5. The average molecular weight is 623 g/mol. The third kappa shape index (κ3) is 9.50. The predicted octanol–water partition coefficient (Wildman–Crippen LogP) is 4.69. The molecule has 1 saturated heterocycles. The van der Waals surface area contributed by atoms with E-state index in [4.69, 9.17) is 18.9 Å². The second-order valence-corrected chi connectivity index (χ2v) is 13.6. The van der Waals surface area contributed by atoms with E-state index in [0.717, 1.165) is 11.1 Å². The predicted molar refractivity (Wildman–Crippen MR) is 170 cm³/mol. The smallest absolute Gasteiger partial charge is 0.373 e. The van der Waals surface area contributed by atoms with Crippen LogP contribution in [0.4, 0.5) is 0 Å². The lowest BCUT2D eigenvalue weighted by molar-refractivity contribution is -0.328. The van der Waals surface area contributed by atoms with E-state index in [1.165, 1.54) is 14.2 Å². The van der Waals surface area contributed by atoms with Gasteiger partial charge in [0.05, 0.1) is 31.5 Å². The first-order valence-electron chi connectivity index (χ1n) is 15.9. The largest absolute Gasteiger partial charge is 0.490 e. The molecule has 0 aliphatic carbocycles. The van der Waals surface area contributed by atoms with Crippen LogP contribution in [0.25, 0.3) is 0 Å². The van der Waals surface area contributed by atoms with E-state index >= 15 is 0 Å². The molecule has 9 heteroatoms. The van der Waals surface area contributed by atoms with Crippen molar-refractivity contribution in [3.8, 4) is 0 Å². The van der Waals surface area contributed by atoms with Crippen molar-refractivity contribution in [2.45, 2.75) is 118 Å². The quantitative estimate of drug-likeness (QED) is 0.298. The monoisotopic (exact) mass is 622 g/mol. The van der Waals surface area contributed by atoms with Crippen molar-refractivity contribution < 1.29 is 44.2 Å². The number of ether oxygens (including phenoxy) is 4. The summed E-state index contributed by atoms with van der Waals surface area (Å²) in [5.41, 5.74) is 1.78. The van der Waals surface area contributed by atoms with Crippen LogP contribution in [-0.2, 0) is 23.7 Å². The zero-order valence-electron chi connectivity index (χ0n) is 28.6. The van der Waals surface area contributed by atoms with Gasteiger partial charge in [0, 0.05) is 37.2 Å². The Kier molecular flexibility index (Phi) is 14.3. The van der Waals surface area contributed by atoms with Crippen LogP contribution in [-0.4, -0.2) is 83.0 Å². The molecule has 2 aliphatic rings. The van der Waals surface area contributed by atoms with E-state index in [1.54, 1.807) is 26.0 Å². The number of hydrogen-bond donors (Lipinski definition) is 4. The summed E-state index contributed by atoms with van der Waals surface area (Å²) in [6.45, 7) is 17.0. The fourth-order valence-electron chi connectivity index (χ4n) is 6.54. The molecule has 44 heavy (non-hydrogen) atoms. The third-order valence-corrected chi connectivity index (χ3v) is 9.50. The first-order chi connectivity index (χ1) is 20.5. The standard InChI is InChI=1S/C35H58O9/c1-19(2)32-24(7)27(36)18-35(40,44-32)26(9)31(38)25(8)33-28(41-10)14-12-13-20(3)15-22(5)30(37)23(6)16-21(4)17-29(42-11)34(39)43-33/h12-14,16-17,19,22-28,30-33,36-38,40H,15,18H2,1-11H3/b14-12-,20-13-,21-16-,29-17-/t22-,23-,24+,25+,26+,27-,28+,30+,31-,32-,33-,35-/m1/s1. The van der Waals surface area contributed by atoms with Gasteiger partial charge >= 0.3 is 5.97 Å². The Balaban J connectivity index is 2.52. The maximum atomic E-state index is 13.5. The Bertz CT molecular complexity index is 1060. The van der Waals surface area contributed by atoms with E-state index in [0.29, 0.717) is 6.42 Å². The van der Waals surface area contributed by atoms with Crippen molar-refractivity contribution in [3.63, 3.8) is 0 Å². The molecule has 2 heterocycles. The minimum atomic E-state index is -1.80. The van der Waals surface area contributed by atoms with Crippen LogP contribution in [0.2, 0.25) is 0 Å². The molecule has 0 spiro atoms. The van der Waals surface area contributed by atoms with Gasteiger partial charge in [0.15, 0.2) is 5.79 Å². The van der Waals surface area contributed by atoms with E-state index in [2.05, 4.69) is 0 Å². The SMILES string of the molecule is CO/C1=C\C(C)=C/[C@@H](C)[C@@H](O)[C@H](C)C/C(C)=C\C=C/[C@H](OC)[C@@H]([C@@H](C)[C@@H](O)[C@H](C)[C@@]2(O)C[C@@H](O)[C@H](C)[C@@H](C(C)C)O2)OC1=O. The number of hydrogen-bond acceptors (Lipinski definition) is 9. The van der Waals surface area contributed by atoms with Gasteiger partial charge in [-0.15, -0.1) is 0 Å². The van der Waals surface area contributed by atoms with Crippen LogP contribution in [0.15, 0.2) is 47.3 Å². The van der Waals surface area contributed by atoms with Crippen molar-refractivity contribution in [2.75, 3.05) is 14.2 Å². The molecule has 0 aromatic carbocycles. The lowest BCUT2D eigenvalue weighted by atomic mass is 9.76. The molecule has 0 amide bonds. The van der Waals surface area contributed by atoms with Gasteiger partial charge in [-0.2, -0.15) is 0 Å². The number of cyclic esters (lactones) is 1. The van der Waals surface area contributed by atoms with Crippen LogP contribution in [0.3, 0.4) is 0 Å². The Hall–Kier alpha value is -2.01. The van der Waals surface area contributed by atoms with Gasteiger partial charge < -0.3 is 39.4 Å². The summed E-state index contributed by atoms with van der Waals surface area (Å²) in [4.78, 5) is 13.5. The number of esters is 1. The minimum Gasteiger partial charge on any atom is -0.490 e. The number of aliphatic hydroxyl groups is 4. The fourth-order valence-corrected chi connectivity index (χ4v) is 6.54. The van der Waals surface area contributed by atoms with Gasteiger partial charge in [-0.05, 0) is 38.2 Å². The minimum absolute atomic E-state index is 0.00492. The summed E-state index contributed by atoms with van der Waals surface area (Å²) in [6, 6.07) is 0. The molecule has 0 radical (unpaired) electrons. The molecule has 0 unspecified atom stereocenters. The highest BCUT2D eigenvalue weighted by molar-refractivity contribution is 5.87. The highest BCUT2D eigenvalue weighted by Gasteiger charge is 2.51. The van der Waals surface area contributed by atoms with Crippen LogP contribution in [0.5, 0.6) is 0 Å². The number of rotatable bonds is 7. The molecule has 0 aromatic heterocycles. The molecular weight excluding hydrogens is 564 g/mol. The van der Waals surface area contributed by atoms with Crippen molar-refractivity contribution in [3.05, 3.63) is 47.3 Å². The summed E-state index contributed by atoms with van der Waals surface area (Å²) in [7, 11) is 2.87. The van der Waals surface area contributed by atoms with E-state index < -0.39 is 60.2 Å². The maximum Gasteiger partial charge on any atom is 0.373 e. The van der Waals surface area contributed by atoms with Gasteiger partial charge in [-0.3, -0.25) is 0 Å². The third-order valence-electron chi connectivity index (χ3n) is 9.50. The van der Waals surface area contributed by atoms with Crippen molar-refractivity contribution in [1.82, 2.24) is 0 Å². The number of carbonyl (C=O) groups excluding carboxylic acids is 1. The lowest BCUT2D eigenvalue weighted by Crippen LogP contribution is -2.59. The molecule has 1 fully saturated rings. The molecule has 0 bridgehead atoms. The number of allylic oxidation sites excluding steroid dienone is 5. The molecule has 2 rings (SSSR count). The molecular formula is C35H58O9. The van der Waals surface area contributed by atoms with Gasteiger partial charge in [0.2, 0.25) is 5.76 Å². The Morgan fingerprint density at radius 1 is 1.05 bits per heavy atom. The fraction of sp³-hybridized carbons (Fsp3) is 0.743. The maximum absolute atomic E-state index is 13.5. The second-order valence-electron chi connectivity index (χ2n) is 13.6. The van der Waals surface area contributed by atoms with Crippen LogP contribution in [0, 0.1) is 35.5 Å². The number of methoxy groups -OCH3 is 2. The molecule has 252 valence electrons. The Morgan fingerprint density at radius 3 is 2.25 bits per heavy atom. The average Bonchev–Trinajstić information content (AvgIpc) is 2.96. The summed E-state index contributed by atoms with van der Waals surface area (Å²) >= 11 is 0. The second kappa shape index (κ2) is 16.5. The van der Waals surface area contributed by atoms with Crippen LogP contribution >= 0.6 is 0 Å².